The number of hydrogen-bond donors (Lipinski definition) is 2. The van der Waals surface area contributed by atoms with E-state index in [-0.39, 0.29) is 11.7 Å². The van der Waals surface area contributed by atoms with Gasteiger partial charge in [0.05, 0.1) is 7.11 Å². The van der Waals surface area contributed by atoms with E-state index in [1.54, 1.807) is 20.1 Å². The molecular formula is C15H22N2O3. The zero-order valence-electron chi connectivity index (χ0n) is 12.1. The van der Waals surface area contributed by atoms with Gasteiger partial charge < -0.3 is 20.1 Å². The van der Waals surface area contributed by atoms with Gasteiger partial charge in [0, 0.05) is 38.2 Å². The number of phenolic OH excluding ortho intramolecular Hbond substituents is 1. The summed E-state index contributed by atoms with van der Waals surface area (Å²) in [5.41, 5.74) is 0.832. The van der Waals surface area contributed by atoms with Crippen molar-refractivity contribution in [2.45, 2.75) is 32.4 Å². The van der Waals surface area contributed by atoms with E-state index >= 15 is 0 Å². The highest BCUT2D eigenvalue weighted by Gasteiger charge is 2.20. The van der Waals surface area contributed by atoms with Gasteiger partial charge in [0.25, 0.3) is 0 Å². The van der Waals surface area contributed by atoms with E-state index in [0.29, 0.717) is 18.3 Å². The van der Waals surface area contributed by atoms with E-state index in [1.165, 1.54) is 0 Å². The predicted molar refractivity (Wildman–Crippen MR) is 76.8 cm³/mol. The number of para-hydroxylation sites is 1. The number of aromatic hydroxyl groups is 1. The summed E-state index contributed by atoms with van der Waals surface area (Å²) in [5, 5.41) is 13.5. The summed E-state index contributed by atoms with van der Waals surface area (Å²) in [6, 6.07) is 5.88. The number of nitrogens with one attached hydrogen (secondary N) is 1. The number of phenols is 1. The van der Waals surface area contributed by atoms with Crippen LogP contribution in [0.25, 0.3) is 0 Å². The highest BCUT2D eigenvalue weighted by Crippen LogP contribution is 2.29. The standard InChI is InChI=1S/C15H22N2O3/c1-11(18)17-8-6-13(7-9-17)16-10-12-4-3-5-14(20-2)15(12)19/h3-5,13,16,19H,6-10H2,1-2H3. The molecule has 20 heavy (non-hydrogen) atoms. The monoisotopic (exact) mass is 278 g/mol. The fourth-order valence-corrected chi connectivity index (χ4v) is 2.53. The molecule has 1 aliphatic heterocycles. The van der Waals surface area contributed by atoms with E-state index < -0.39 is 0 Å². The first-order valence-corrected chi connectivity index (χ1v) is 6.95. The number of nitrogens with zero attached hydrogens (tertiary/aromatic N) is 1. The number of carbonyl (C=O) groups excluding carboxylic acids is 1. The molecule has 110 valence electrons. The van der Waals surface area contributed by atoms with Crippen LogP contribution < -0.4 is 10.1 Å². The maximum atomic E-state index is 11.3. The van der Waals surface area contributed by atoms with Crippen molar-refractivity contribution in [3.8, 4) is 11.5 Å². The quantitative estimate of drug-likeness (QED) is 0.876. The van der Waals surface area contributed by atoms with Crippen LogP contribution in [0.1, 0.15) is 25.3 Å². The van der Waals surface area contributed by atoms with Crippen molar-refractivity contribution in [3.05, 3.63) is 23.8 Å². The van der Waals surface area contributed by atoms with Crippen molar-refractivity contribution in [1.82, 2.24) is 10.2 Å². The Hall–Kier alpha value is -1.75. The van der Waals surface area contributed by atoms with Gasteiger partial charge in [0.15, 0.2) is 11.5 Å². The predicted octanol–water partition coefficient (Wildman–Crippen LogP) is 1.50. The first-order chi connectivity index (χ1) is 9.61. The molecule has 0 bridgehead atoms. The molecule has 0 atom stereocenters. The van der Waals surface area contributed by atoms with Gasteiger partial charge in [-0.05, 0) is 18.9 Å². The van der Waals surface area contributed by atoms with E-state index in [2.05, 4.69) is 5.32 Å². The van der Waals surface area contributed by atoms with E-state index in [1.807, 2.05) is 17.0 Å². The summed E-state index contributed by atoms with van der Waals surface area (Å²) >= 11 is 0. The van der Waals surface area contributed by atoms with Crippen LogP contribution in [0, 0.1) is 0 Å². The van der Waals surface area contributed by atoms with Crippen molar-refractivity contribution < 1.29 is 14.6 Å². The van der Waals surface area contributed by atoms with Gasteiger partial charge in [-0.15, -0.1) is 0 Å². The number of piperidine rings is 1. The Morgan fingerprint density at radius 2 is 2.15 bits per heavy atom. The highest BCUT2D eigenvalue weighted by atomic mass is 16.5. The molecule has 5 nitrogen and oxygen atoms in total. The van der Waals surface area contributed by atoms with E-state index in [0.717, 1.165) is 31.5 Å². The van der Waals surface area contributed by atoms with Gasteiger partial charge >= 0.3 is 0 Å². The first kappa shape index (κ1) is 14.7. The normalized spacial score (nSPS) is 16.2. The smallest absolute Gasteiger partial charge is 0.219 e. The lowest BCUT2D eigenvalue weighted by molar-refractivity contribution is -0.129. The van der Waals surface area contributed by atoms with Crippen molar-refractivity contribution >= 4 is 5.91 Å². The third kappa shape index (κ3) is 3.42. The Morgan fingerprint density at radius 1 is 1.45 bits per heavy atom. The SMILES string of the molecule is COc1cccc(CNC2CCN(C(C)=O)CC2)c1O. The Labute approximate surface area is 119 Å². The van der Waals surface area contributed by atoms with Crippen LogP contribution in [-0.2, 0) is 11.3 Å². The molecule has 1 fully saturated rings. The minimum absolute atomic E-state index is 0.147. The molecule has 1 amide bonds. The molecule has 1 aromatic rings. The molecule has 2 N–H and O–H groups in total. The van der Waals surface area contributed by atoms with Gasteiger partial charge in [0.1, 0.15) is 0 Å². The second-order valence-corrected chi connectivity index (χ2v) is 5.13. The molecule has 0 radical (unpaired) electrons. The topological polar surface area (TPSA) is 61.8 Å². The molecule has 0 spiro atoms. The highest BCUT2D eigenvalue weighted by molar-refractivity contribution is 5.73. The molecule has 0 aromatic heterocycles. The molecule has 5 heteroatoms. The second-order valence-electron chi connectivity index (χ2n) is 5.13. The zero-order valence-corrected chi connectivity index (χ0v) is 12.1. The van der Waals surface area contributed by atoms with Crippen LogP contribution in [-0.4, -0.2) is 42.2 Å². The van der Waals surface area contributed by atoms with Gasteiger partial charge in [-0.25, -0.2) is 0 Å². The fourth-order valence-electron chi connectivity index (χ4n) is 2.53. The molecule has 1 aliphatic rings. The maximum Gasteiger partial charge on any atom is 0.219 e. The fraction of sp³-hybridized carbons (Fsp3) is 0.533. The van der Waals surface area contributed by atoms with Crippen molar-refractivity contribution in [2.75, 3.05) is 20.2 Å². The van der Waals surface area contributed by atoms with Crippen LogP contribution in [0.5, 0.6) is 11.5 Å². The lowest BCUT2D eigenvalue weighted by Crippen LogP contribution is -2.43. The summed E-state index contributed by atoms with van der Waals surface area (Å²) < 4.78 is 5.10. The van der Waals surface area contributed by atoms with Crippen LogP contribution >= 0.6 is 0 Å². The molecule has 1 heterocycles. The number of methoxy groups -OCH3 is 1. The summed E-state index contributed by atoms with van der Waals surface area (Å²) in [5.74, 6) is 0.841. The Bertz CT molecular complexity index is 468. The largest absolute Gasteiger partial charge is 0.504 e. The van der Waals surface area contributed by atoms with Crippen LogP contribution in [0.2, 0.25) is 0 Å². The van der Waals surface area contributed by atoms with Crippen LogP contribution in [0.3, 0.4) is 0 Å². The molecule has 2 rings (SSSR count). The van der Waals surface area contributed by atoms with E-state index in [9.17, 15) is 9.90 Å². The average molecular weight is 278 g/mol. The molecule has 1 aromatic carbocycles. The van der Waals surface area contributed by atoms with Crippen molar-refractivity contribution in [3.63, 3.8) is 0 Å². The number of benzene rings is 1. The van der Waals surface area contributed by atoms with Gasteiger partial charge in [-0.2, -0.15) is 0 Å². The van der Waals surface area contributed by atoms with Crippen LogP contribution in [0.4, 0.5) is 0 Å². The number of carbonyl (C=O) groups is 1. The third-order valence-electron chi connectivity index (χ3n) is 3.82. The number of rotatable bonds is 4. The second kappa shape index (κ2) is 6.61. The molecule has 0 unspecified atom stereocenters. The summed E-state index contributed by atoms with van der Waals surface area (Å²) in [4.78, 5) is 13.1. The Morgan fingerprint density at radius 3 is 2.75 bits per heavy atom. The number of amides is 1. The molecule has 1 saturated heterocycles. The van der Waals surface area contributed by atoms with Gasteiger partial charge in [-0.1, -0.05) is 12.1 Å². The zero-order chi connectivity index (χ0) is 14.5. The minimum atomic E-state index is 0.147. The Kier molecular flexibility index (Phi) is 4.84. The van der Waals surface area contributed by atoms with Gasteiger partial charge in [-0.3, -0.25) is 4.79 Å². The lowest BCUT2D eigenvalue weighted by atomic mass is 10.0. The number of hydrogen-bond acceptors (Lipinski definition) is 4. The summed E-state index contributed by atoms with van der Waals surface area (Å²) in [7, 11) is 1.55. The first-order valence-electron chi connectivity index (χ1n) is 6.95. The minimum Gasteiger partial charge on any atom is -0.504 e. The third-order valence-corrected chi connectivity index (χ3v) is 3.82. The maximum absolute atomic E-state index is 11.3. The van der Waals surface area contributed by atoms with E-state index in [4.69, 9.17) is 4.74 Å². The van der Waals surface area contributed by atoms with Crippen molar-refractivity contribution in [2.24, 2.45) is 0 Å². The molecule has 0 saturated carbocycles. The lowest BCUT2D eigenvalue weighted by Gasteiger charge is -2.31. The number of likely N-dealkylation sites (tertiary alicyclic amines) is 1. The van der Waals surface area contributed by atoms with Crippen LogP contribution in [0.15, 0.2) is 18.2 Å². The molecular weight excluding hydrogens is 256 g/mol. The molecule has 0 aliphatic carbocycles. The average Bonchev–Trinajstić information content (AvgIpc) is 2.46. The Balaban J connectivity index is 1.86. The van der Waals surface area contributed by atoms with Crippen molar-refractivity contribution in [1.29, 1.82) is 0 Å². The summed E-state index contributed by atoms with van der Waals surface area (Å²) in [6.07, 6.45) is 1.90. The summed E-state index contributed by atoms with van der Waals surface area (Å²) in [6.45, 7) is 3.82. The van der Waals surface area contributed by atoms with Gasteiger partial charge in [0.2, 0.25) is 5.91 Å². The number of ether oxygens (including phenoxy) is 1.